The molecule has 114 valence electrons. The highest BCUT2D eigenvalue weighted by atomic mass is 79.9. The maximum Gasteiger partial charge on any atom is 0.417 e. The van der Waals surface area contributed by atoms with Crippen LogP contribution in [0, 0.1) is 6.92 Å². The van der Waals surface area contributed by atoms with Crippen LogP contribution in [-0.4, -0.2) is 19.5 Å². The summed E-state index contributed by atoms with van der Waals surface area (Å²) in [5, 5.41) is 2.63. The molecule has 0 fully saturated rings. The van der Waals surface area contributed by atoms with Crippen LogP contribution in [0.5, 0.6) is 11.5 Å². The third-order valence-electron chi connectivity index (χ3n) is 2.89. The van der Waals surface area contributed by atoms with Gasteiger partial charge >= 0.3 is 6.09 Å². The molecule has 2 aromatic rings. The molecule has 0 aromatic heterocycles. The second-order valence-electron chi connectivity index (χ2n) is 4.53. The zero-order valence-electron chi connectivity index (χ0n) is 12.1. The van der Waals surface area contributed by atoms with Gasteiger partial charge in [0.15, 0.2) is 11.5 Å². The smallest absolute Gasteiger partial charge is 0.417 e. The minimum absolute atomic E-state index is 0.230. The van der Waals surface area contributed by atoms with Gasteiger partial charge in [0.25, 0.3) is 0 Å². The molecule has 0 radical (unpaired) electrons. The van der Waals surface area contributed by atoms with E-state index in [0.29, 0.717) is 23.3 Å². The third-order valence-corrected chi connectivity index (χ3v) is 3.54. The first kappa shape index (κ1) is 16.0. The molecule has 0 bridgehead atoms. The van der Waals surface area contributed by atoms with Crippen LogP contribution in [0.4, 0.5) is 10.5 Å². The lowest BCUT2D eigenvalue weighted by Crippen LogP contribution is -2.17. The van der Waals surface area contributed by atoms with Crippen LogP contribution in [0.1, 0.15) is 15.9 Å². The number of ether oxygens (including phenoxy) is 2. The van der Waals surface area contributed by atoms with Gasteiger partial charge in [-0.25, -0.2) is 4.79 Å². The average molecular weight is 364 g/mol. The van der Waals surface area contributed by atoms with Gasteiger partial charge in [-0.3, -0.25) is 10.1 Å². The third kappa shape index (κ3) is 3.85. The molecular formula is C16H14BrNO4. The first-order chi connectivity index (χ1) is 10.5. The number of carbonyl (C=O) groups excluding carboxylic acids is 2. The highest BCUT2D eigenvalue weighted by molar-refractivity contribution is 9.10. The molecule has 0 aliphatic heterocycles. The lowest BCUT2D eigenvalue weighted by Gasteiger charge is -2.11. The number of hydrogen-bond acceptors (Lipinski definition) is 4. The molecule has 0 unspecified atom stereocenters. The molecule has 1 amide bonds. The Balaban J connectivity index is 2.13. The summed E-state index contributed by atoms with van der Waals surface area (Å²) < 4.78 is 11.1. The summed E-state index contributed by atoms with van der Waals surface area (Å²) in [6.45, 7) is 1.95. The van der Waals surface area contributed by atoms with Crippen molar-refractivity contribution in [1.29, 1.82) is 0 Å². The van der Waals surface area contributed by atoms with Crippen LogP contribution >= 0.6 is 15.9 Å². The Bertz CT molecular complexity index is 715. The number of anilines is 1. The van der Waals surface area contributed by atoms with Crippen LogP contribution in [-0.2, 0) is 0 Å². The number of aldehydes is 1. The number of methoxy groups -OCH3 is 1. The minimum Gasteiger partial charge on any atom is -0.493 e. The zero-order chi connectivity index (χ0) is 16.1. The Morgan fingerprint density at radius 1 is 1.18 bits per heavy atom. The predicted molar refractivity (Wildman–Crippen MR) is 86.9 cm³/mol. The Morgan fingerprint density at radius 3 is 2.59 bits per heavy atom. The van der Waals surface area contributed by atoms with Crippen LogP contribution in [0.25, 0.3) is 0 Å². The van der Waals surface area contributed by atoms with Gasteiger partial charge in [-0.1, -0.05) is 6.07 Å². The average Bonchev–Trinajstić information content (AvgIpc) is 2.50. The monoisotopic (exact) mass is 363 g/mol. The predicted octanol–water partition coefficient (Wildman–Crippen LogP) is 4.19. The summed E-state index contributed by atoms with van der Waals surface area (Å²) in [6, 6.07) is 10.1. The Hall–Kier alpha value is -2.34. The largest absolute Gasteiger partial charge is 0.493 e. The molecule has 5 nitrogen and oxygen atoms in total. The van der Waals surface area contributed by atoms with Gasteiger partial charge in [0.1, 0.15) is 6.29 Å². The zero-order valence-corrected chi connectivity index (χ0v) is 13.6. The van der Waals surface area contributed by atoms with Crippen LogP contribution in [0.2, 0.25) is 0 Å². The van der Waals surface area contributed by atoms with E-state index in [-0.39, 0.29) is 5.75 Å². The highest BCUT2D eigenvalue weighted by Gasteiger charge is 2.12. The van der Waals surface area contributed by atoms with E-state index in [0.717, 1.165) is 10.0 Å². The van der Waals surface area contributed by atoms with E-state index < -0.39 is 6.09 Å². The summed E-state index contributed by atoms with van der Waals surface area (Å²) in [6.07, 6.45) is 0.0391. The van der Waals surface area contributed by atoms with Crippen molar-refractivity contribution >= 4 is 34.0 Å². The van der Waals surface area contributed by atoms with E-state index in [1.165, 1.54) is 19.2 Å². The lowest BCUT2D eigenvalue weighted by molar-refractivity contribution is 0.112. The van der Waals surface area contributed by atoms with Gasteiger partial charge in [0.2, 0.25) is 0 Å². The molecule has 0 atom stereocenters. The summed E-state index contributed by atoms with van der Waals surface area (Å²) >= 11 is 3.37. The molecule has 0 saturated heterocycles. The Morgan fingerprint density at radius 2 is 1.95 bits per heavy atom. The second kappa shape index (κ2) is 7.09. The number of benzene rings is 2. The number of halogens is 1. The molecule has 2 rings (SSSR count). The summed E-state index contributed by atoms with van der Waals surface area (Å²) in [4.78, 5) is 22.7. The molecule has 1 N–H and O–H groups in total. The van der Waals surface area contributed by atoms with E-state index in [1.54, 1.807) is 12.1 Å². The summed E-state index contributed by atoms with van der Waals surface area (Å²) in [5.74, 6) is 0.538. The molecule has 0 aliphatic rings. The lowest BCUT2D eigenvalue weighted by atomic mass is 10.2. The van der Waals surface area contributed by atoms with Crippen molar-refractivity contribution in [2.24, 2.45) is 0 Å². The van der Waals surface area contributed by atoms with E-state index in [1.807, 2.05) is 19.1 Å². The standard InChI is InChI=1S/C16H14BrNO4/c1-10-3-5-13(12(17)7-10)18-16(20)22-14-6-4-11(9-19)8-15(14)21-2/h3-9H,1-2H3,(H,18,20). The van der Waals surface area contributed by atoms with Crippen molar-refractivity contribution in [3.63, 3.8) is 0 Å². The van der Waals surface area contributed by atoms with Crippen molar-refractivity contribution in [1.82, 2.24) is 0 Å². The number of nitrogens with one attached hydrogen (secondary N) is 1. The second-order valence-corrected chi connectivity index (χ2v) is 5.38. The SMILES string of the molecule is COc1cc(C=O)ccc1OC(=O)Nc1ccc(C)cc1Br. The van der Waals surface area contributed by atoms with Gasteiger partial charge in [0, 0.05) is 10.0 Å². The molecule has 22 heavy (non-hydrogen) atoms. The number of amides is 1. The first-order valence-electron chi connectivity index (χ1n) is 6.41. The van der Waals surface area contributed by atoms with Crippen LogP contribution < -0.4 is 14.8 Å². The van der Waals surface area contributed by atoms with Crippen LogP contribution in [0.15, 0.2) is 40.9 Å². The van der Waals surface area contributed by atoms with E-state index in [4.69, 9.17) is 9.47 Å². The van der Waals surface area contributed by atoms with Gasteiger partial charge in [-0.2, -0.15) is 0 Å². The number of carbonyl (C=O) groups is 2. The fourth-order valence-electron chi connectivity index (χ4n) is 1.80. The van der Waals surface area contributed by atoms with Gasteiger partial charge in [-0.05, 0) is 58.7 Å². The molecular weight excluding hydrogens is 350 g/mol. The van der Waals surface area contributed by atoms with Crippen LogP contribution in [0.3, 0.4) is 0 Å². The molecule has 6 heteroatoms. The van der Waals surface area contributed by atoms with E-state index in [9.17, 15) is 9.59 Å². The van der Waals surface area contributed by atoms with Gasteiger partial charge < -0.3 is 9.47 Å². The minimum atomic E-state index is -0.651. The number of hydrogen-bond donors (Lipinski definition) is 1. The fourth-order valence-corrected chi connectivity index (χ4v) is 2.39. The molecule has 0 spiro atoms. The molecule has 2 aromatic carbocycles. The molecule has 0 saturated carbocycles. The fraction of sp³-hybridized carbons (Fsp3) is 0.125. The Kier molecular flexibility index (Phi) is 5.16. The van der Waals surface area contributed by atoms with E-state index in [2.05, 4.69) is 21.2 Å². The molecule has 0 aliphatic carbocycles. The maximum atomic E-state index is 12.0. The maximum absolute atomic E-state index is 12.0. The summed E-state index contributed by atoms with van der Waals surface area (Å²) in [5.41, 5.74) is 2.10. The van der Waals surface area contributed by atoms with Crippen molar-refractivity contribution in [2.75, 3.05) is 12.4 Å². The topological polar surface area (TPSA) is 64.6 Å². The van der Waals surface area contributed by atoms with Crippen molar-refractivity contribution in [2.45, 2.75) is 6.92 Å². The normalized spacial score (nSPS) is 9.95. The highest BCUT2D eigenvalue weighted by Crippen LogP contribution is 2.29. The van der Waals surface area contributed by atoms with Gasteiger partial charge in [0.05, 0.1) is 12.8 Å². The van der Waals surface area contributed by atoms with Gasteiger partial charge in [-0.15, -0.1) is 0 Å². The molecule has 0 heterocycles. The Labute approximate surface area is 136 Å². The van der Waals surface area contributed by atoms with Crippen molar-refractivity contribution < 1.29 is 19.1 Å². The first-order valence-corrected chi connectivity index (χ1v) is 7.21. The quantitative estimate of drug-likeness (QED) is 0.827. The number of aryl methyl sites for hydroxylation is 1. The van der Waals surface area contributed by atoms with E-state index >= 15 is 0 Å². The van der Waals surface area contributed by atoms with Crippen molar-refractivity contribution in [3.8, 4) is 11.5 Å². The summed E-state index contributed by atoms with van der Waals surface area (Å²) in [7, 11) is 1.44. The number of rotatable bonds is 4. The van der Waals surface area contributed by atoms with Crippen molar-refractivity contribution in [3.05, 3.63) is 52.0 Å².